The number of rotatable bonds is 11. The average molecular weight is 659 g/mol. The molecule has 16 nitrogen and oxygen atoms in total. The summed E-state index contributed by atoms with van der Waals surface area (Å²) in [6.45, 7) is 1.53. The third kappa shape index (κ3) is 7.15. The molecule has 238 valence electrons. The van der Waals surface area contributed by atoms with Crippen molar-refractivity contribution in [3.8, 4) is 0 Å². The van der Waals surface area contributed by atoms with Gasteiger partial charge in [-0.1, -0.05) is 60.7 Å². The number of carbonyl (C=O) groups excluding carboxylic acids is 1. The van der Waals surface area contributed by atoms with Gasteiger partial charge in [-0.3, -0.25) is 18.8 Å². The highest BCUT2D eigenvalue weighted by Crippen LogP contribution is 2.57. The lowest BCUT2D eigenvalue weighted by molar-refractivity contribution is -0.235. The first-order valence-electron chi connectivity index (χ1n) is 13.9. The van der Waals surface area contributed by atoms with E-state index in [1.165, 1.54) is 24.8 Å². The third-order valence-electron chi connectivity index (χ3n) is 6.96. The molecule has 0 saturated carbocycles. The highest BCUT2D eigenvalue weighted by molar-refractivity contribution is 7.62. The van der Waals surface area contributed by atoms with Gasteiger partial charge in [0.15, 0.2) is 29.5 Å². The average Bonchev–Trinajstić information content (AvgIpc) is 3.71. The van der Waals surface area contributed by atoms with Crippen LogP contribution in [0.25, 0.3) is 11.2 Å². The van der Waals surface area contributed by atoms with Crippen molar-refractivity contribution in [3.63, 3.8) is 0 Å². The quantitative estimate of drug-likeness (QED) is 0.222. The van der Waals surface area contributed by atoms with Gasteiger partial charge >= 0.3 is 6.03 Å². The van der Waals surface area contributed by atoms with Crippen molar-refractivity contribution in [1.29, 1.82) is 0 Å². The van der Waals surface area contributed by atoms with Crippen LogP contribution in [-0.2, 0) is 38.3 Å². The van der Waals surface area contributed by atoms with E-state index in [9.17, 15) is 23.7 Å². The lowest BCUT2D eigenvalue weighted by atomic mass is 10.1. The maximum Gasteiger partial charge on any atom is 0.320 e. The molecule has 4 heterocycles. The van der Waals surface area contributed by atoms with Crippen LogP contribution in [0.2, 0.25) is 0 Å². The second kappa shape index (κ2) is 13.0. The number of hydrogen-bond acceptors (Lipinski definition) is 13. The lowest BCUT2D eigenvalue weighted by Gasteiger charge is -2.32. The van der Waals surface area contributed by atoms with Crippen molar-refractivity contribution in [1.82, 2.24) is 24.8 Å². The lowest BCUT2D eigenvalue weighted by Crippen LogP contribution is -2.32. The summed E-state index contributed by atoms with van der Waals surface area (Å²) in [4.78, 5) is 50.0. The second-order valence-electron chi connectivity index (χ2n) is 10.1. The Morgan fingerprint density at radius 2 is 1.69 bits per heavy atom. The van der Waals surface area contributed by atoms with E-state index in [0.29, 0.717) is 23.3 Å². The van der Waals surface area contributed by atoms with Crippen LogP contribution in [0.4, 0.5) is 10.6 Å². The molecule has 3 unspecified atom stereocenters. The Morgan fingerprint density at radius 3 is 2.42 bits per heavy atom. The maximum absolute atomic E-state index is 12.6. The molecule has 2 aromatic heterocycles. The van der Waals surface area contributed by atoms with Gasteiger partial charge in [0.1, 0.15) is 32.2 Å². The van der Waals surface area contributed by atoms with Crippen LogP contribution in [0.1, 0.15) is 30.6 Å². The molecule has 2 aliphatic rings. The van der Waals surface area contributed by atoms with E-state index in [4.69, 9.17) is 18.7 Å². The third-order valence-corrected chi connectivity index (χ3v) is 9.97. The minimum Gasteiger partial charge on any atom is -0.778 e. The molecular formula is C27H28N6O10P2-2. The summed E-state index contributed by atoms with van der Waals surface area (Å²) in [5.74, 6) is 0.159. The number of ether oxygens (including phenoxy) is 3. The van der Waals surface area contributed by atoms with Gasteiger partial charge in [-0.15, -0.1) is 0 Å². The highest BCUT2D eigenvalue weighted by atomic mass is 31.3. The van der Waals surface area contributed by atoms with Gasteiger partial charge in [0.25, 0.3) is 7.82 Å². The summed E-state index contributed by atoms with van der Waals surface area (Å²) in [6.07, 6.45) is -2.43. The first kappa shape index (κ1) is 31.4. The second-order valence-corrected chi connectivity index (χ2v) is 13.5. The van der Waals surface area contributed by atoms with Crippen LogP contribution < -0.4 is 20.4 Å². The van der Waals surface area contributed by atoms with Crippen LogP contribution in [0, 0.1) is 0 Å². The Kier molecular flexibility index (Phi) is 9.11. The molecule has 45 heavy (non-hydrogen) atoms. The van der Waals surface area contributed by atoms with Crippen LogP contribution in [0.3, 0.4) is 0 Å². The van der Waals surface area contributed by atoms with Gasteiger partial charge in [0, 0.05) is 18.3 Å². The summed E-state index contributed by atoms with van der Waals surface area (Å²) in [6, 6.07) is 16.6. The van der Waals surface area contributed by atoms with Crippen molar-refractivity contribution in [2.45, 2.75) is 43.9 Å². The molecule has 7 atom stereocenters. The molecule has 18 heteroatoms. The van der Waals surface area contributed by atoms with Gasteiger partial charge in [0.2, 0.25) is 0 Å². The minimum atomic E-state index is -5.35. The van der Waals surface area contributed by atoms with Crippen LogP contribution >= 0.6 is 15.4 Å². The Labute approximate surface area is 256 Å². The molecule has 2 aliphatic heterocycles. The van der Waals surface area contributed by atoms with E-state index in [2.05, 4.69) is 29.9 Å². The number of amides is 2. The summed E-state index contributed by atoms with van der Waals surface area (Å²) in [7, 11) is -10.2. The molecule has 6 rings (SSSR count). The Hall–Kier alpha value is -3.56. The van der Waals surface area contributed by atoms with Crippen LogP contribution in [-0.4, -0.2) is 57.0 Å². The normalized spacial score (nSPS) is 25.4. The number of nitrogens with zero attached hydrogens (tertiary/aromatic N) is 4. The number of nitrogens with one attached hydrogen (secondary N) is 2. The minimum absolute atomic E-state index is 0.159. The molecule has 4 aromatic rings. The van der Waals surface area contributed by atoms with Crippen molar-refractivity contribution in [2.75, 3.05) is 18.5 Å². The molecule has 0 aliphatic carbocycles. The number of benzene rings is 2. The number of imidazole rings is 1. The summed E-state index contributed by atoms with van der Waals surface area (Å²) in [5, 5.41) is 5.24. The first-order valence-corrected chi connectivity index (χ1v) is 17.1. The van der Waals surface area contributed by atoms with Crippen LogP contribution in [0.15, 0.2) is 73.3 Å². The standard InChI is InChI=1S/C27H30N6O10P2/c1-2-28-27(34)32-23-20-24(30-15-29-23)33(16-31-20)25-22-21(41-26(42-22)18-11-7-4-8-12-18)19(40-25)13-39-45(37,38)43-44(35,36)14-17-9-5-3-6-10-17/h3-12,15-16,19,21-22,25-26H,2,13-14H2,1H3,(H,35,36)(H,37,38)(H2,28,29,30,32,34)/p-2/t19-,21?,22+,25-,26+/m1/s1. The number of carbonyl (C=O) groups is 1. The smallest absolute Gasteiger partial charge is 0.320 e. The summed E-state index contributed by atoms with van der Waals surface area (Å²) >= 11 is 0. The zero-order valence-electron chi connectivity index (χ0n) is 23.7. The number of urea groups is 1. The molecule has 2 N–H and O–H groups in total. The fraction of sp³-hybridized carbons (Fsp3) is 0.333. The monoisotopic (exact) mass is 658 g/mol. The Morgan fingerprint density at radius 1 is 0.978 bits per heavy atom. The maximum atomic E-state index is 12.6. The van der Waals surface area contributed by atoms with Crippen molar-refractivity contribution in [3.05, 3.63) is 84.4 Å². The number of hydrogen-bond donors (Lipinski definition) is 2. The number of anilines is 1. The van der Waals surface area contributed by atoms with Gasteiger partial charge in [-0.05, 0) is 12.5 Å². The largest absolute Gasteiger partial charge is 0.778 e. The molecule has 2 amide bonds. The highest BCUT2D eigenvalue weighted by Gasteiger charge is 2.54. The van der Waals surface area contributed by atoms with E-state index < -0.39 is 65.0 Å². The molecule has 2 aromatic carbocycles. The fourth-order valence-electron chi connectivity index (χ4n) is 5.08. The molecule has 0 bridgehead atoms. The summed E-state index contributed by atoms with van der Waals surface area (Å²) < 4.78 is 54.8. The van der Waals surface area contributed by atoms with E-state index in [1.807, 2.05) is 30.3 Å². The van der Waals surface area contributed by atoms with Crippen molar-refractivity contribution >= 4 is 38.4 Å². The topological polar surface area (TPSA) is 211 Å². The summed E-state index contributed by atoms with van der Waals surface area (Å²) in [5.41, 5.74) is 1.62. The Bertz CT molecular complexity index is 1750. The zero-order valence-corrected chi connectivity index (χ0v) is 25.5. The SMILES string of the molecule is CCNC(=O)Nc1ncnc2c1ncn2[C@@H]1O[C@H](COP(=O)([O-])OP(=O)([O-])Cc2ccccc2)C2O[C@H](c3ccccc3)O[C@@H]21. The molecular weight excluding hydrogens is 630 g/mol. The van der Waals surface area contributed by atoms with Crippen molar-refractivity contribution in [2.24, 2.45) is 0 Å². The first-order chi connectivity index (χ1) is 21.6. The van der Waals surface area contributed by atoms with E-state index >= 15 is 0 Å². The van der Waals surface area contributed by atoms with Gasteiger partial charge < -0.3 is 38.4 Å². The van der Waals surface area contributed by atoms with Gasteiger partial charge in [0.05, 0.1) is 12.9 Å². The number of phosphoric acid groups is 1. The number of aromatic nitrogens is 4. The van der Waals surface area contributed by atoms with Gasteiger partial charge in [-0.2, -0.15) is 0 Å². The number of phosphoric ester groups is 1. The van der Waals surface area contributed by atoms with Crippen LogP contribution in [0.5, 0.6) is 0 Å². The fourth-order valence-corrected chi connectivity index (χ4v) is 7.70. The Balaban J connectivity index is 1.22. The van der Waals surface area contributed by atoms with Gasteiger partial charge in [-0.25, -0.2) is 19.7 Å². The van der Waals surface area contributed by atoms with E-state index in [1.54, 1.807) is 29.7 Å². The molecule has 0 spiro atoms. The molecule has 0 radical (unpaired) electrons. The molecule has 2 fully saturated rings. The predicted molar refractivity (Wildman–Crippen MR) is 153 cm³/mol. The van der Waals surface area contributed by atoms with E-state index in [-0.39, 0.29) is 11.3 Å². The zero-order chi connectivity index (χ0) is 31.6. The predicted octanol–water partition coefficient (Wildman–Crippen LogP) is 2.60. The van der Waals surface area contributed by atoms with Crippen molar-refractivity contribution < 1.29 is 46.8 Å². The molecule has 2 saturated heterocycles. The van der Waals surface area contributed by atoms with E-state index in [0.717, 1.165) is 0 Å². The number of fused-ring (bicyclic) bond motifs is 2.